The molecule has 10 nitrogen and oxygen atoms in total. The molecule has 5 rings (SSSR count). The number of hydrogen-bond acceptors (Lipinski definition) is 7. The first kappa shape index (κ1) is 26.3. The third-order valence-corrected chi connectivity index (χ3v) is 6.77. The van der Waals surface area contributed by atoms with Crippen LogP contribution in [-0.4, -0.2) is 57.6 Å². The van der Waals surface area contributed by atoms with Gasteiger partial charge in [-0.05, 0) is 56.2 Å². The Kier molecular flexibility index (Phi) is 7.32. The zero-order valence-corrected chi connectivity index (χ0v) is 22.0. The van der Waals surface area contributed by atoms with Crippen LogP contribution in [0, 0.1) is 10.1 Å². The molecule has 1 saturated heterocycles. The Morgan fingerprint density at radius 3 is 2.56 bits per heavy atom. The molecule has 0 bridgehead atoms. The molecule has 0 radical (unpaired) electrons. The van der Waals surface area contributed by atoms with Gasteiger partial charge in [0, 0.05) is 65.9 Å². The van der Waals surface area contributed by atoms with Crippen molar-refractivity contribution in [2.75, 3.05) is 36.5 Å². The maximum absolute atomic E-state index is 13.2. The summed E-state index contributed by atoms with van der Waals surface area (Å²) in [4.78, 5) is 26.2. The Balaban J connectivity index is 1.50. The fourth-order valence-electron chi connectivity index (χ4n) is 4.60. The van der Waals surface area contributed by atoms with Crippen LogP contribution in [0.25, 0.3) is 22.0 Å². The SMILES string of the molecule is CC(C)(O)CCn1cc2cc(NC(=O)c3cccc([N+](=O)[O-])c3)c(-c3ccc(N4CCOCC4)cc3)cc2n1. The number of nitrogens with zero attached hydrogens (tertiary/aromatic N) is 4. The number of aliphatic hydroxyl groups is 1. The van der Waals surface area contributed by atoms with Gasteiger partial charge in [-0.2, -0.15) is 5.10 Å². The lowest BCUT2D eigenvalue weighted by atomic mass is 10.0. The Labute approximate surface area is 226 Å². The largest absolute Gasteiger partial charge is 0.390 e. The summed E-state index contributed by atoms with van der Waals surface area (Å²) in [6, 6.07) is 17.6. The quantitative estimate of drug-likeness (QED) is 0.247. The second-order valence-electron chi connectivity index (χ2n) is 10.3. The number of fused-ring (bicyclic) bond motifs is 1. The Bertz CT molecular complexity index is 1500. The van der Waals surface area contributed by atoms with Crippen LogP contribution in [0.4, 0.5) is 17.1 Å². The number of benzene rings is 3. The molecule has 10 heteroatoms. The number of hydrogen-bond donors (Lipinski definition) is 2. The van der Waals surface area contributed by atoms with Crippen molar-refractivity contribution < 1.29 is 19.6 Å². The smallest absolute Gasteiger partial charge is 0.270 e. The van der Waals surface area contributed by atoms with E-state index in [9.17, 15) is 20.0 Å². The summed E-state index contributed by atoms with van der Waals surface area (Å²) in [5, 5.41) is 29.8. The van der Waals surface area contributed by atoms with Crippen molar-refractivity contribution >= 4 is 33.9 Å². The number of anilines is 2. The average Bonchev–Trinajstić information content (AvgIpc) is 3.34. The number of amides is 1. The first-order valence-corrected chi connectivity index (χ1v) is 12.9. The number of nitro groups is 1. The van der Waals surface area contributed by atoms with Crippen molar-refractivity contribution in [1.29, 1.82) is 0 Å². The molecule has 3 aromatic carbocycles. The van der Waals surface area contributed by atoms with Crippen molar-refractivity contribution in [2.24, 2.45) is 0 Å². The van der Waals surface area contributed by atoms with Crippen LogP contribution < -0.4 is 10.2 Å². The monoisotopic (exact) mass is 529 g/mol. The van der Waals surface area contributed by atoms with Crippen molar-refractivity contribution in [3.8, 4) is 11.1 Å². The van der Waals surface area contributed by atoms with Gasteiger partial charge in [0.15, 0.2) is 0 Å². The topological polar surface area (TPSA) is 123 Å². The molecule has 0 spiro atoms. The Hall–Kier alpha value is -4.28. The summed E-state index contributed by atoms with van der Waals surface area (Å²) in [6.07, 6.45) is 2.42. The number of nitrogens with one attached hydrogen (secondary N) is 1. The third kappa shape index (κ3) is 6.24. The molecule has 4 aromatic rings. The lowest BCUT2D eigenvalue weighted by molar-refractivity contribution is -0.384. The lowest BCUT2D eigenvalue weighted by Gasteiger charge is -2.29. The van der Waals surface area contributed by atoms with E-state index in [0.29, 0.717) is 31.9 Å². The number of non-ortho nitro benzene ring substituents is 1. The van der Waals surface area contributed by atoms with Gasteiger partial charge in [-0.3, -0.25) is 19.6 Å². The maximum atomic E-state index is 13.2. The van der Waals surface area contributed by atoms with Crippen LogP contribution in [0.1, 0.15) is 30.6 Å². The summed E-state index contributed by atoms with van der Waals surface area (Å²) in [5.74, 6) is -0.446. The van der Waals surface area contributed by atoms with E-state index < -0.39 is 16.4 Å². The zero-order valence-electron chi connectivity index (χ0n) is 22.0. The van der Waals surface area contributed by atoms with Gasteiger partial charge in [0.25, 0.3) is 11.6 Å². The van der Waals surface area contributed by atoms with E-state index in [4.69, 9.17) is 9.84 Å². The van der Waals surface area contributed by atoms with E-state index in [1.54, 1.807) is 24.6 Å². The number of nitro benzene ring substituents is 1. The maximum Gasteiger partial charge on any atom is 0.270 e. The van der Waals surface area contributed by atoms with Crippen LogP contribution in [-0.2, 0) is 11.3 Å². The van der Waals surface area contributed by atoms with Crippen LogP contribution in [0.5, 0.6) is 0 Å². The van der Waals surface area contributed by atoms with Crippen LogP contribution in [0.15, 0.2) is 66.9 Å². The van der Waals surface area contributed by atoms with Crippen LogP contribution in [0.2, 0.25) is 0 Å². The molecule has 39 heavy (non-hydrogen) atoms. The fraction of sp³-hybridized carbons (Fsp3) is 0.310. The van der Waals surface area contributed by atoms with Crippen LogP contribution >= 0.6 is 0 Å². The highest BCUT2D eigenvalue weighted by Crippen LogP contribution is 2.34. The number of aromatic nitrogens is 2. The van der Waals surface area contributed by atoms with Gasteiger partial charge in [-0.25, -0.2) is 0 Å². The Morgan fingerprint density at radius 1 is 1.13 bits per heavy atom. The summed E-state index contributed by atoms with van der Waals surface area (Å²) < 4.78 is 7.25. The van der Waals surface area contributed by atoms with Gasteiger partial charge in [0.05, 0.1) is 29.3 Å². The number of ether oxygens (including phenoxy) is 1. The number of carbonyl (C=O) groups excluding carboxylic acids is 1. The molecule has 1 fully saturated rings. The third-order valence-electron chi connectivity index (χ3n) is 6.77. The highest BCUT2D eigenvalue weighted by atomic mass is 16.6. The molecule has 0 saturated carbocycles. The van der Waals surface area contributed by atoms with Gasteiger partial charge < -0.3 is 20.1 Å². The number of rotatable bonds is 8. The van der Waals surface area contributed by atoms with Crippen molar-refractivity contribution in [1.82, 2.24) is 9.78 Å². The molecule has 1 aliphatic rings. The van der Waals surface area contributed by atoms with Gasteiger partial charge in [0.2, 0.25) is 0 Å². The number of aryl methyl sites for hydroxylation is 1. The van der Waals surface area contributed by atoms with Gasteiger partial charge >= 0.3 is 0 Å². The average molecular weight is 530 g/mol. The van der Waals surface area contributed by atoms with Crippen LogP contribution in [0.3, 0.4) is 0 Å². The molecule has 0 atom stereocenters. The molecule has 0 aliphatic carbocycles. The van der Waals surface area contributed by atoms with Crippen molar-refractivity contribution in [3.63, 3.8) is 0 Å². The van der Waals surface area contributed by atoms with E-state index in [1.807, 2.05) is 30.5 Å². The first-order chi connectivity index (χ1) is 18.7. The summed E-state index contributed by atoms with van der Waals surface area (Å²) in [7, 11) is 0. The predicted octanol–water partition coefficient (Wildman–Crippen LogP) is 4.86. The second-order valence-corrected chi connectivity index (χ2v) is 10.3. The summed E-state index contributed by atoms with van der Waals surface area (Å²) in [5.41, 5.74) is 3.33. The second kappa shape index (κ2) is 10.8. The zero-order chi connectivity index (χ0) is 27.6. The van der Waals surface area contributed by atoms with E-state index >= 15 is 0 Å². The molecule has 1 amide bonds. The fourth-order valence-corrected chi connectivity index (χ4v) is 4.60. The van der Waals surface area contributed by atoms with E-state index in [-0.39, 0.29) is 11.3 Å². The highest BCUT2D eigenvalue weighted by molar-refractivity contribution is 6.08. The summed E-state index contributed by atoms with van der Waals surface area (Å²) in [6.45, 7) is 7.12. The first-order valence-electron chi connectivity index (χ1n) is 12.9. The number of morpholine rings is 1. The molecule has 2 heterocycles. The lowest BCUT2D eigenvalue weighted by Crippen LogP contribution is -2.36. The van der Waals surface area contributed by atoms with Gasteiger partial charge in [-0.15, -0.1) is 0 Å². The van der Waals surface area contributed by atoms with Gasteiger partial charge in [0.1, 0.15) is 0 Å². The molecule has 1 aliphatic heterocycles. The highest BCUT2D eigenvalue weighted by Gasteiger charge is 2.18. The summed E-state index contributed by atoms with van der Waals surface area (Å²) >= 11 is 0. The molecule has 202 valence electrons. The Morgan fingerprint density at radius 2 is 1.87 bits per heavy atom. The standard InChI is InChI=1S/C29H31N5O5/c1-29(2,36)10-11-33-19-22-17-27(30-28(35)21-4-3-5-24(16-21)34(37)38)25(18-26(22)31-33)20-6-8-23(9-7-20)32-12-14-39-15-13-32/h3-9,16-19,36H,10-15H2,1-2H3,(H,30,35). The molecular weight excluding hydrogens is 498 g/mol. The van der Waals surface area contributed by atoms with Gasteiger partial charge in [-0.1, -0.05) is 18.2 Å². The van der Waals surface area contributed by atoms with Crippen molar-refractivity contribution in [3.05, 3.63) is 82.5 Å². The van der Waals surface area contributed by atoms with E-state index in [2.05, 4.69) is 22.3 Å². The normalized spacial score (nSPS) is 14.0. The molecule has 1 aromatic heterocycles. The minimum Gasteiger partial charge on any atom is -0.390 e. The minimum absolute atomic E-state index is 0.148. The molecule has 0 unspecified atom stereocenters. The predicted molar refractivity (Wildman–Crippen MR) is 150 cm³/mol. The minimum atomic E-state index is -0.817. The molecular formula is C29H31N5O5. The number of carbonyl (C=O) groups is 1. The van der Waals surface area contributed by atoms with E-state index in [1.165, 1.54) is 18.2 Å². The molecule has 2 N–H and O–H groups in total. The van der Waals surface area contributed by atoms with Crippen molar-refractivity contribution in [2.45, 2.75) is 32.4 Å². The van der Waals surface area contributed by atoms with E-state index in [0.717, 1.165) is 40.8 Å².